The minimum absolute atomic E-state index is 0.0805. The minimum Gasteiger partial charge on any atom is -0.465 e. The van der Waals surface area contributed by atoms with Crippen molar-refractivity contribution in [2.75, 3.05) is 11.9 Å². The molecule has 2 amide bonds. The highest BCUT2D eigenvalue weighted by Gasteiger charge is 2.22. The molecular weight excluding hydrogens is 390 g/mol. The number of carbonyl (C=O) groups is 2. The normalized spacial score (nSPS) is 12.3. The van der Waals surface area contributed by atoms with Gasteiger partial charge < -0.3 is 14.9 Å². The molecule has 12 heteroatoms. The van der Waals surface area contributed by atoms with Crippen molar-refractivity contribution >= 4 is 28.1 Å². The smallest absolute Gasteiger partial charge is 0.405 e. The molecule has 0 aliphatic heterocycles. The summed E-state index contributed by atoms with van der Waals surface area (Å²) in [6.07, 6.45) is -0.441. The molecule has 1 atom stereocenters. The molecule has 1 heterocycles. The van der Waals surface area contributed by atoms with E-state index in [0.29, 0.717) is 18.5 Å². The molecule has 0 aliphatic rings. The Kier molecular flexibility index (Phi) is 7.49. The fourth-order valence-corrected chi connectivity index (χ4v) is 2.82. The number of benzene rings is 1. The summed E-state index contributed by atoms with van der Waals surface area (Å²) >= 11 is 0. The average molecular weight is 411 g/mol. The summed E-state index contributed by atoms with van der Waals surface area (Å²) in [7, 11) is -3.78. The molecule has 6 N–H and O–H groups in total. The van der Waals surface area contributed by atoms with Crippen molar-refractivity contribution in [2.24, 2.45) is 5.14 Å². The first-order valence-corrected chi connectivity index (χ1v) is 9.89. The molecule has 0 radical (unpaired) electrons. The maximum absolute atomic E-state index is 12.4. The molecule has 0 aliphatic carbocycles. The van der Waals surface area contributed by atoms with Crippen LogP contribution in [-0.4, -0.2) is 43.3 Å². The van der Waals surface area contributed by atoms with E-state index in [-0.39, 0.29) is 18.8 Å². The van der Waals surface area contributed by atoms with Gasteiger partial charge in [-0.15, -0.1) is 0 Å². The lowest BCUT2D eigenvalue weighted by Crippen LogP contribution is -2.43. The molecule has 0 bridgehead atoms. The lowest BCUT2D eigenvalue weighted by Gasteiger charge is -2.15. The van der Waals surface area contributed by atoms with Crippen LogP contribution < -0.4 is 20.5 Å². The highest BCUT2D eigenvalue weighted by Crippen LogP contribution is 2.21. The van der Waals surface area contributed by atoms with Crippen LogP contribution in [-0.2, 0) is 15.0 Å². The molecule has 1 unspecified atom stereocenters. The van der Waals surface area contributed by atoms with E-state index in [1.54, 1.807) is 0 Å². The van der Waals surface area contributed by atoms with Gasteiger partial charge in [0.1, 0.15) is 11.7 Å². The third-order valence-corrected chi connectivity index (χ3v) is 4.27. The molecule has 1 aromatic heterocycles. The lowest BCUT2D eigenvalue weighted by atomic mass is 10.1. The van der Waals surface area contributed by atoms with Crippen LogP contribution in [0.15, 0.2) is 40.9 Å². The van der Waals surface area contributed by atoms with E-state index in [2.05, 4.69) is 20.5 Å². The van der Waals surface area contributed by atoms with Gasteiger partial charge in [0.25, 0.3) is 10.2 Å². The highest BCUT2D eigenvalue weighted by atomic mass is 32.2. The topological polar surface area (TPSA) is 177 Å². The Hall–Kier alpha value is -2.96. The summed E-state index contributed by atoms with van der Waals surface area (Å²) in [6, 6.07) is 9.66. The molecule has 28 heavy (non-hydrogen) atoms. The molecule has 0 saturated heterocycles. The van der Waals surface area contributed by atoms with E-state index in [4.69, 9.17) is 14.8 Å². The second kappa shape index (κ2) is 9.82. The van der Waals surface area contributed by atoms with Crippen molar-refractivity contribution in [2.45, 2.75) is 25.3 Å². The van der Waals surface area contributed by atoms with E-state index in [1.807, 2.05) is 30.3 Å². The van der Waals surface area contributed by atoms with Crippen LogP contribution in [0.1, 0.15) is 19.3 Å². The maximum atomic E-state index is 12.4. The van der Waals surface area contributed by atoms with Crippen molar-refractivity contribution in [3.05, 3.63) is 36.4 Å². The van der Waals surface area contributed by atoms with Crippen LogP contribution >= 0.6 is 0 Å². The number of rotatable bonds is 10. The predicted molar refractivity (Wildman–Crippen MR) is 100 cm³/mol. The lowest BCUT2D eigenvalue weighted by molar-refractivity contribution is -0.118. The predicted octanol–water partition coefficient (Wildman–Crippen LogP) is 0.880. The Morgan fingerprint density at radius 1 is 1.21 bits per heavy atom. The third-order valence-electron chi connectivity index (χ3n) is 3.66. The van der Waals surface area contributed by atoms with Crippen molar-refractivity contribution in [1.82, 2.24) is 15.2 Å². The van der Waals surface area contributed by atoms with Crippen LogP contribution in [0.5, 0.6) is 0 Å². The molecular formula is C16H21N5O6S. The first-order valence-electron chi connectivity index (χ1n) is 8.34. The van der Waals surface area contributed by atoms with E-state index >= 15 is 0 Å². The number of aromatic nitrogens is 1. The third kappa shape index (κ3) is 7.34. The number of carboxylic acid groups (broad SMARTS) is 1. The monoisotopic (exact) mass is 411 g/mol. The number of carbonyl (C=O) groups excluding carboxylic acids is 1. The molecule has 0 saturated carbocycles. The van der Waals surface area contributed by atoms with Gasteiger partial charge >= 0.3 is 6.09 Å². The number of nitrogens with two attached hydrogens (primary N) is 1. The Labute approximate surface area is 161 Å². The second-order valence-corrected chi connectivity index (χ2v) is 7.25. The van der Waals surface area contributed by atoms with E-state index in [1.165, 1.54) is 6.07 Å². The number of anilines is 1. The van der Waals surface area contributed by atoms with Crippen molar-refractivity contribution < 1.29 is 27.6 Å². The van der Waals surface area contributed by atoms with Gasteiger partial charge in [-0.1, -0.05) is 35.5 Å². The Bertz CT molecular complexity index is 899. The molecule has 11 nitrogen and oxygen atoms in total. The molecule has 2 aromatic rings. The number of unbranched alkanes of at least 4 members (excludes halogenated alkanes) is 1. The molecule has 1 aromatic carbocycles. The second-order valence-electron chi connectivity index (χ2n) is 5.87. The molecule has 0 spiro atoms. The quantitative estimate of drug-likeness (QED) is 0.360. The SMILES string of the molecule is NS(=O)(=O)NCCCCC(NC(=O)O)C(=O)Nc1cc(-c2ccccc2)no1. The van der Waals surface area contributed by atoms with Crippen molar-refractivity contribution in [3.63, 3.8) is 0 Å². The summed E-state index contributed by atoms with van der Waals surface area (Å²) in [5.74, 6) is -0.533. The molecule has 2 rings (SSSR count). The number of nitrogens with one attached hydrogen (secondary N) is 3. The maximum Gasteiger partial charge on any atom is 0.405 e. The largest absolute Gasteiger partial charge is 0.465 e. The van der Waals surface area contributed by atoms with Gasteiger partial charge in [0.2, 0.25) is 11.8 Å². The summed E-state index contributed by atoms with van der Waals surface area (Å²) in [6.45, 7) is 0.0861. The van der Waals surface area contributed by atoms with Gasteiger partial charge in [-0.2, -0.15) is 8.42 Å². The zero-order valence-corrected chi connectivity index (χ0v) is 15.6. The number of hydrogen-bond donors (Lipinski definition) is 5. The number of amides is 2. The van der Waals surface area contributed by atoms with E-state index in [0.717, 1.165) is 5.56 Å². The van der Waals surface area contributed by atoms with Crippen LogP contribution in [0, 0.1) is 0 Å². The van der Waals surface area contributed by atoms with Gasteiger partial charge in [0.15, 0.2) is 0 Å². The summed E-state index contributed by atoms with van der Waals surface area (Å²) in [5, 5.41) is 22.2. The fraction of sp³-hybridized carbons (Fsp3) is 0.312. The molecule has 152 valence electrons. The first kappa shape index (κ1) is 21.3. The Balaban J connectivity index is 1.91. The number of hydrogen-bond acceptors (Lipinski definition) is 6. The van der Waals surface area contributed by atoms with Crippen molar-refractivity contribution in [1.29, 1.82) is 0 Å². The van der Waals surface area contributed by atoms with Gasteiger partial charge in [-0.05, 0) is 19.3 Å². The first-order chi connectivity index (χ1) is 13.2. The summed E-state index contributed by atoms with van der Waals surface area (Å²) in [5.41, 5.74) is 1.32. The summed E-state index contributed by atoms with van der Waals surface area (Å²) in [4.78, 5) is 23.3. The zero-order valence-electron chi connectivity index (χ0n) is 14.8. The van der Waals surface area contributed by atoms with Crippen molar-refractivity contribution in [3.8, 4) is 11.3 Å². The van der Waals surface area contributed by atoms with Crippen LogP contribution in [0.25, 0.3) is 11.3 Å². The summed E-state index contributed by atoms with van der Waals surface area (Å²) < 4.78 is 28.8. The van der Waals surface area contributed by atoms with Gasteiger partial charge in [0.05, 0.1) is 0 Å². The Morgan fingerprint density at radius 2 is 1.93 bits per heavy atom. The Morgan fingerprint density at radius 3 is 2.57 bits per heavy atom. The average Bonchev–Trinajstić information content (AvgIpc) is 3.08. The van der Waals surface area contributed by atoms with Gasteiger partial charge in [-0.25, -0.2) is 14.7 Å². The van der Waals surface area contributed by atoms with Crippen LogP contribution in [0.3, 0.4) is 0 Å². The zero-order chi connectivity index (χ0) is 20.6. The standard InChI is InChI=1S/C16H21N5O6S/c17-28(25,26)18-9-5-4-8-12(19-16(23)24)15(22)20-14-10-13(21-27-14)11-6-2-1-3-7-11/h1-3,6-7,10,12,18-19H,4-5,8-9H2,(H,20,22)(H,23,24)(H2,17,25,26). The van der Waals surface area contributed by atoms with Crippen LogP contribution in [0.4, 0.5) is 10.7 Å². The van der Waals surface area contributed by atoms with Gasteiger partial charge in [0, 0.05) is 18.2 Å². The fourth-order valence-electron chi connectivity index (χ4n) is 2.39. The number of nitrogens with zero attached hydrogens (tertiary/aromatic N) is 1. The van der Waals surface area contributed by atoms with Gasteiger partial charge in [-0.3, -0.25) is 10.1 Å². The van der Waals surface area contributed by atoms with Crippen LogP contribution in [0.2, 0.25) is 0 Å². The molecule has 0 fully saturated rings. The van der Waals surface area contributed by atoms with E-state index in [9.17, 15) is 18.0 Å². The van der Waals surface area contributed by atoms with E-state index < -0.39 is 28.3 Å². The highest BCUT2D eigenvalue weighted by molar-refractivity contribution is 7.87. The minimum atomic E-state index is -3.78.